The van der Waals surface area contributed by atoms with Crippen molar-refractivity contribution >= 4 is 44.0 Å². The van der Waals surface area contributed by atoms with Crippen LogP contribution in [-0.4, -0.2) is 20.4 Å². The Balaban J connectivity index is 1.65. The number of fused-ring (bicyclic) bond motifs is 2. The number of halogens is 1. The molecule has 1 saturated carbocycles. The van der Waals surface area contributed by atoms with E-state index in [4.69, 9.17) is 10.1 Å². The fourth-order valence-corrected chi connectivity index (χ4v) is 5.40. The molecule has 176 valence electrons. The SMILES string of the molecule is CC(C)(C)Cn1cc(C=Nn2c(C3CCCCC3)nc3ccc(Br)cc3c2=O)c2ccccc21. The molecule has 0 N–H and O–H groups in total. The molecular formula is C28H31BrN4O. The highest BCUT2D eigenvalue weighted by atomic mass is 79.9. The van der Waals surface area contributed by atoms with Crippen molar-refractivity contribution in [1.82, 2.24) is 14.2 Å². The minimum absolute atomic E-state index is 0.110. The summed E-state index contributed by atoms with van der Waals surface area (Å²) in [6.07, 6.45) is 9.67. The van der Waals surface area contributed by atoms with Crippen LogP contribution in [-0.2, 0) is 6.54 Å². The fourth-order valence-electron chi connectivity index (χ4n) is 5.04. The second-order valence-corrected chi connectivity index (χ2v) is 11.5. The van der Waals surface area contributed by atoms with E-state index in [1.807, 2.05) is 24.4 Å². The van der Waals surface area contributed by atoms with Gasteiger partial charge >= 0.3 is 0 Å². The van der Waals surface area contributed by atoms with Gasteiger partial charge in [0, 0.05) is 39.6 Å². The number of hydrogen-bond donors (Lipinski definition) is 0. The van der Waals surface area contributed by atoms with Crippen molar-refractivity contribution in [3.05, 3.63) is 74.9 Å². The molecular weight excluding hydrogens is 488 g/mol. The Bertz CT molecular complexity index is 1430. The maximum atomic E-state index is 13.6. The van der Waals surface area contributed by atoms with Crippen LogP contribution in [0.5, 0.6) is 0 Å². The second kappa shape index (κ2) is 9.14. The third-order valence-corrected chi connectivity index (χ3v) is 7.07. The van der Waals surface area contributed by atoms with Gasteiger partial charge in [0.15, 0.2) is 0 Å². The lowest BCUT2D eigenvalue weighted by Crippen LogP contribution is -2.25. The van der Waals surface area contributed by atoms with Crippen LogP contribution in [0, 0.1) is 5.41 Å². The Kier molecular flexibility index (Phi) is 6.19. The fraction of sp³-hybridized carbons (Fsp3) is 0.393. The molecule has 1 fully saturated rings. The molecule has 2 heterocycles. The van der Waals surface area contributed by atoms with E-state index in [9.17, 15) is 4.79 Å². The number of hydrogen-bond acceptors (Lipinski definition) is 3. The zero-order valence-corrected chi connectivity index (χ0v) is 21.7. The Morgan fingerprint density at radius 2 is 1.85 bits per heavy atom. The van der Waals surface area contributed by atoms with Gasteiger partial charge in [0.1, 0.15) is 5.82 Å². The number of para-hydroxylation sites is 1. The number of aromatic nitrogens is 3. The molecule has 0 aliphatic heterocycles. The van der Waals surface area contributed by atoms with E-state index in [0.717, 1.165) is 46.1 Å². The van der Waals surface area contributed by atoms with Crippen LogP contribution in [0.2, 0.25) is 0 Å². The van der Waals surface area contributed by atoms with Gasteiger partial charge in [0.2, 0.25) is 0 Å². The number of rotatable bonds is 4. The van der Waals surface area contributed by atoms with Gasteiger partial charge in [-0.1, -0.05) is 74.2 Å². The van der Waals surface area contributed by atoms with Gasteiger partial charge in [-0.15, -0.1) is 0 Å². The van der Waals surface area contributed by atoms with Gasteiger partial charge in [-0.3, -0.25) is 4.79 Å². The van der Waals surface area contributed by atoms with Gasteiger partial charge < -0.3 is 4.57 Å². The summed E-state index contributed by atoms with van der Waals surface area (Å²) in [4.78, 5) is 18.6. The molecule has 1 aliphatic rings. The Hall–Kier alpha value is -2.73. The van der Waals surface area contributed by atoms with Gasteiger partial charge in [0.25, 0.3) is 5.56 Å². The monoisotopic (exact) mass is 518 g/mol. The lowest BCUT2D eigenvalue weighted by Gasteiger charge is -2.22. The van der Waals surface area contributed by atoms with Crippen LogP contribution in [0.1, 0.15) is 70.2 Å². The molecule has 2 aromatic heterocycles. The van der Waals surface area contributed by atoms with E-state index < -0.39 is 0 Å². The summed E-state index contributed by atoms with van der Waals surface area (Å²) in [5, 5.41) is 6.50. The van der Waals surface area contributed by atoms with Crippen LogP contribution in [0.25, 0.3) is 21.8 Å². The van der Waals surface area contributed by atoms with Gasteiger partial charge in [-0.05, 0) is 42.5 Å². The molecule has 5 nitrogen and oxygen atoms in total. The summed E-state index contributed by atoms with van der Waals surface area (Å²) in [7, 11) is 0. The summed E-state index contributed by atoms with van der Waals surface area (Å²) < 4.78 is 4.71. The Morgan fingerprint density at radius 1 is 1.09 bits per heavy atom. The first-order valence-electron chi connectivity index (χ1n) is 12.1. The zero-order chi connectivity index (χ0) is 23.9. The second-order valence-electron chi connectivity index (χ2n) is 10.6. The molecule has 5 rings (SSSR count). The lowest BCUT2D eigenvalue weighted by atomic mass is 9.88. The largest absolute Gasteiger partial charge is 0.346 e. The third-order valence-electron chi connectivity index (χ3n) is 6.58. The van der Waals surface area contributed by atoms with Crippen molar-refractivity contribution in [2.75, 3.05) is 0 Å². The van der Waals surface area contributed by atoms with Gasteiger partial charge in [-0.2, -0.15) is 9.78 Å². The third kappa shape index (κ3) is 4.61. The summed E-state index contributed by atoms with van der Waals surface area (Å²) in [5.74, 6) is 1.04. The number of nitrogens with zero attached hydrogens (tertiary/aromatic N) is 4. The maximum Gasteiger partial charge on any atom is 0.282 e. The van der Waals surface area contributed by atoms with Crippen LogP contribution in [0.4, 0.5) is 0 Å². The van der Waals surface area contributed by atoms with Crippen LogP contribution >= 0.6 is 15.9 Å². The molecule has 34 heavy (non-hydrogen) atoms. The summed E-state index contributed by atoms with van der Waals surface area (Å²) in [6.45, 7) is 7.62. The molecule has 6 heteroatoms. The average Bonchev–Trinajstić information content (AvgIpc) is 3.15. The van der Waals surface area contributed by atoms with Crippen molar-refractivity contribution in [2.24, 2.45) is 10.5 Å². The highest BCUT2D eigenvalue weighted by molar-refractivity contribution is 9.10. The summed E-state index contributed by atoms with van der Waals surface area (Å²) >= 11 is 3.50. The molecule has 1 aliphatic carbocycles. The first kappa shape index (κ1) is 23.0. The van der Waals surface area contributed by atoms with Crippen LogP contribution in [0.15, 0.2) is 63.0 Å². The minimum atomic E-state index is -0.110. The maximum absolute atomic E-state index is 13.6. The van der Waals surface area contributed by atoms with Crippen molar-refractivity contribution in [2.45, 2.75) is 65.3 Å². The minimum Gasteiger partial charge on any atom is -0.346 e. The molecule has 0 unspecified atom stereocenters. The highest BCUT2D eigenvalue weighted by Crippen LogP contribution is 2.32. The smallest absolute Gasteiger partial charge is 0.282 e. The van der Waals surface area contributed by atoms with Crippen molar-refractivity contribution in [1.29, 1.82) is 0 Å². The van der Waals surface area contributed by atoms with Gasteiger partial charge in [-0.25, -0.2) is 4.98 Å². The first-order valence-corrected chi connectivity index (χ1v) is 12.9. The first-order chi connectivity index (χ1) is 16.3. The molecule has 0 radical (unpaired) electrons. The Labute approximate surface area is 208 Å². The topological polar surface area (TPSA) is 52.2 Å². The number of benzene rings is 2. The van der Waals surface area contributed by atoms with E-state index in [1.54, 1.807) is 4.68 Å². The molecule has 0 bridgehead atoms. The Morgan fingerprint density at radius 3 is 2.62 bits per heavy atom. The normalized spacial score (nSPS) is 15.6. The predicted octanol–water partition coefficient (Wildman–Crippen LogP) is 7.09. The molecule has 0 amide bonds. The predicted molar refractivity (Wildman–Crippen MR) is 144 cm³/mol. The van der Waals surface area contributed by atoms with E-state index in [-0.39, 0.29) is 16.9 Å². The van der Waals surface area contributed by atoms with E-state index >= 15 is 0 Å². The van der Waals surface area contributed by atoms with Crippen molar-refractivity contribution in [3.63, 3.8) is 0 Å². The molecule has 0 spiro atoms. The molecule has 0 saturated heterocycles. The molecule has 4 aromatic rings. The van der Waals surface area contributed by atoms with E-state index in [2.05, 4.69) is 71.7 Å². The van der Waals surface area contributed by atoms with Gasteiger partial charge in [0.05, 0.1) is 17.1 Å². The average molecular weight is 519 g/mol. The molecule has 2 aromatic carbocycles. The standard InChI is InChI=1S/C28H31BrN4O/c1-28(2,3)18-32-17-20(22-11-7-8-12-25(22)32)16-30-33-26(19-9-5-4-6-10-19)31-24-14-13-21(29)15-23(24)27(33)34/h7-8,11-17,19H,4-6,9-10,18H2,1-3H3. The van der Waals surface area contributed by atoms with E-state index in [0.29, 0.717) is 5.39 Å². The van der Waals surface area contributed by atoms with Crippen LogP contribution < -0.4 is 5.56 Å². The molecule has 0 atom stereocenters. The van der Waals surface area contributed by atoms with Crippen molar-refractivity contribution < 1.29 is 0 Å². The highest BCUT2D eigenvalue weighted by Gasteiger charge is 2.23. The quantitative estimate of drug-likeness (QED) is 0.270. The summed E-state index contributed by atoms with van der Waals surface area (Å²) in [5.41, 5.74) is 2.97. The zero-order valence-electron chi connectivity index (χ0n) is 20.1. The summed E-state index contributed by atoms with van der Waals surface area (Å²) in [6, 6.07) is 14.1. The van der Waals surface area contributed by atoms with Crippen LogP contribution in [0.3, 0.4) is 0 Å². The van der Waals surface area contributed by atoms with E-state index in [1.165, 1.54) is 24.8 Å². The van der Waals surface area contributed by atoms with Crippen molar-refractivity contribution in [3.8, 4) is 0 Å². The lowest BCUT2D eigenvalue weighted by molar-refractivity contribution is 0.349.